The second kappa shape index (κ2) is 15.1. The van der Waals surface area contributed by atoms with E-state index in [1.54, 1.807) is 42.5 Å². The maximum absolute atomic E-state index is 15.4. The van der Waals surface area contributed by atoms with Crippen LogP contribution in [0.4, 0.5) is 13.2 Å². The maximum Gasteiger partial charge on any atom is 0.166 e. The van der Waals surface area contributed by atoms with Gasteiger partial charge >= 0.3 is 0 Å². The summed E-state index contributed by atoms with van der Waals surface area (Å²) in [5, 5.41) is 0. The van der Waals surface area contributed by atoms with E-state index in [2.05, 4.69) is 19.6 Å². The van der Waals surface area contributed by atoms with Gasteiger partial charge in [0.05, 0.1) is 0 Å². The molecule has 0 amide bonds. The molecule has 1 atom stereocenters. The van der Waals surface area contributed by atoms with Gasteiger partial charge in [0.25, 0.3) is 0 Å². The number of allylic oxidation sites excluding steroid dienone is 3. The average molecular weight is 585 g/mol. The minimum atomic E-state index is -0.810. The minimum absolute atomic E-state index is 0.237. The Kier molecular flexibility index (Phi) is 11.0. The average Bonchev–Trinajstić information content (AvgIpc) is 3.04. The molecule has 0 aliphatic heterocycles. The summed E-state index contributed by atoms with van der Waals surface area (Å²) in [4.78, 5) is 0. The molecule has 0 saturated heterocycles. The van der Waals surface area contributed by atoms with Crippen LogP contribution in [-0.4, -0.2) is 0 Å². The third-order valence-electron chi connectivity index (χ3n) is 10.1. The fourth-order valence-corrected chi connectivity index (χ4v) is 7.37. The van der Waals surface area contributed by atoms with Crippen molar-refractivity contribution in [1.82, 2.24) is 0 Å². The van der Waals surface area contributed by atoms with Gasteiger partial charge in [0.2, 0.25) is 0 Å². The van der Waals surface area contributed by atoms with E-state index < -0.39 is 11.6 Å². The summed E-state index contributed by atoms with van der Waals surface area (Å²) < 4.78 is 45.1. The molecule has 3 aromatic carbocycles. The summed E-state index contributed by atoms with van der Waals surface area (Å²) in [6.07, 6.45) is 20.2. The summed E-state index contributed by atoms with van der Waals surface area (Å²) >= 11 is 0. The first kappa shape index (κ1) is 31.4. The van der Waals surface area contributed by atoms with E-state index in [4.69, 9.17) is 0 Å². The van der Waals surface area contributed by atoms with E-state index >= 15 is 4.39 Å². The first-order chi connectivity index (χ1) is 21.0. The summed E-state index contributed by atoms with van der Waals surface area (Å²) in [6, 6.07) is 16.0. The molecule has 0 heterocycles. The van der Waals surface area contributed by atoms with E-state index in [9.17, 15) is 8.78 Å². The van der Waals surface area contributed by atoms with Gasteiger partial charge in [-0.1, -0.05) is 99.7 Å². The molecule has 3 heteroatoms. The van der Waals surface area contributed by atoms with Gasteiger partial charge in [-0.25, -0.2) is 13.2 Å². The molecular formula is C40H47F3. The van der Waals surface area contributed by atoms with Crippen molar-refractivity contribution in [3.8, 4) is 22.3 Å². The Morgan fingerprint density at radius 3 is 2.09 bits per heavy atom. The van der Waals surface area contributed by atoms with Crippen LogP contribution in [0.2, 0.25) is 0 Å². The summed E-state index contributed by atoms with van der Waals surface area (Å²) in [5.74, 6) is 0.647. The highest BCUT2D eigenvalue weighted by molar-refractivity contribution is 5.74. The number of unbranched alkanes of at least 4 members (excludes halogenated alkanes) is 3. The molecule has 1 fully saturated rings. The molecular weight excluding hydrogens is 537 g/mol. The number of hydrogen-bond donors (Lipinski definition) is 0. The Balaban J connectivity index is 1.21. The van der Waals surface area contributed by atoms with Gasteiger partial charge in [0.15, 0.2) is 11.6 Å². The molecule has 0 radical (unpaired) electrons. The molecule has 2 aliphatic rings. The Hall–Kier alpha value is -3.07. The van der Waals surface area contributed by atoms with Crippen LogP contribution in [0.5, 0.6) is 0 Å². The van der Waals surface area contributed by atoms with Crippen molar-refractivity contribution < 1.29 is 13.2 Å². The highest BCUT2D eigenvalue weighted by Crippen LogP contribution is 2.42. The lowest BCUT2D eigenvalue weighted by atomic mass is 9.70. The van der Waals surface area contributed by atoms with Gasteiger partial charge in [-0.3, -0.25) is 0 Å². The van der Waals surface area contributed by atoms with Crippen LogP contribution < -0.4 is 0 Å². The molecule has 3 aromatic rings. The van der Waals surface area contributed by atoms with Gasteiger partial charge < -0.3 is 0 Å². The molecule has 228 valence electrons. The van der Waals surface area contributed by atoms with Crippen molar-refractivity contribution >= 4 is 5.57 Å². The molecule has 1 unspecified atom stereocenters. The largest absolute Gasteiger partial charge is 0.206 e. The quantitative estimate of drug-likeness (QED) is 0.147. The van der Waals surface area contributed by atoms with Crippen molar-refractivity contribution in [1.29, 1.82) is 0 Å². The highest BCUT2D eigenvalue weighted by Gasteiger charge is 2.28. The lowest BCUT2D eigenvalue weighted by Crippen LogP contribution is -2.23. The molecule has 0 N–H and O–H groups in total. The van der Waals surface area contributed by atoms with Crippen LogP contribution >= 0.6 is 0 Å². The third kappa shape index (κ3) is 7.72. The van der Waals surface area contributed by atoms with Crippen LogP contribution in [0.1, 0.15) is 102 Å². The van der Waals surface area contributed by atoms with E-state index in [0.717, 1.165) is 73.8 Å². The predicted octanol–water partition coefficient (Wildman–Crippen LogP) is 12.5. The fraction of sp³-hybridized carbons (Fsp3) is 0.450. The van der Waals surface area contributed by atoms with Crippen LogP contribution in [0.25, 0.3) is 27.8 Å². The maximum atomic E-state index is 15.4. The molecule has 0 spiro atoms. The molecule has 43 heavy (non-hydrogen) atoms. The summed E-state index contributed by atoms with van der Waals surface area (Å²) in [5.41, 5.74) is 4.72. The van der Waals surface area contributed by atoms with Crippen molar-refractivity contribution in [2.45, 2.75) is 96.8 Å². The summed E-state index contributed by atoms with van der Waals surface area (Å²) in [6.45, 7) is 6.00. The van der Waals surface area contributed by atoms with Crippen molar-refractivity contribution in [2.24, 2.45) is 17.8 Å². The van der Waals surface area contributed by atoms with E-state index in [0.29, 0.717) is 23.1 Å². The Morgan fingerprint density at radius 1 is 0.744 bits per heavy atom. The van der Waals surface area contributed by atoms with Gasteiger partial charge in [0.1, 0.15) is 5.82 Å². The molecule has 0 bridgehead atoms. The van der Waals surface area contributed by atoms with Gasteiger partial charge in [-0.15, -0.1) is 6.58 Å². The van der Waals surface area contributed by atoms with Crippen LogP contribution in [0.15, 0.2) is 73.3 Å². The molecule has 0 nitrogen and oxygen atoms in total. The second-order valence-corrected chi connectivity index (χ2v) is 12.9. The monoisotopic (exact) mass is 584 g/mol. The second-order valence-electron chi connectivity index (χ2n) is 12.9. The normalized spacial score (nSPS) is 20.6. The van der Waals surface area contributed by atoms with E-state index in [1.807, 2.05) is 18.2 Å². The van der Waals surface area contributed by atoms with Crippen molar-refractivity contribution in [2.75, 3.05) is 0 Å². The zero-order valence-electron chi connectivity index (χ0n) is 25.8. The highest BCUT2D eigenvalue weighted by atomic mass is 19.2. The predicted molar refractivity (Wildman–Crippen MR) is 175 cm³/mol. The Morgan fingerprint density at radius 2 is 1.44 bits per heavy atom. The first-order valence-electron chi connectivity index (χ1n) is 16.7. The smallest absolute Gasteiger partial charge is 0.166 e. The molecule has 1 saturated carbocycles. The van der Waals surface area contributed by atoms with E-state index in [1.165, 1.54) is 44.1 Å². The van der Waals surface area contributed by atoms with Gasteiger partial charge in [0, 0.05) is 11.1 Å². The molecule has 2 aliphatic carbocycles. The lowest BCUT2D eigenvalue weighted by Gasteiger charge is -2.35. The third-order valence-corrected chi connectivity index (χ3v) is 10.1. The number of hydrogen-bond acceptors (Lipinski definition) is 0. The van der Waals surface area contributed by atoms with E-state index in [-0.39, 0.29) is 11.4 Å². The molecule has 5 rings (SSSR count). The topological polar surface area (TPSA) is 0 Å². The SMILES string of the molecule is C=CCCC1CCC(C2CC=C(c3ccc(-c4ccc(-c5ccc(CCCCCC)c(F)c5F)cc4)c(F)c3)CC2)CC1. The first-order valence-corrected chi connectivity index (χ1v) is 16.7. The standard InChI is InChI=1S/C40H47F3/c1-3-5-7-8-10-34-23-26-37(40(43)39(34)42)33-21-19-32(20-22-33)36-25-24-35(27-38(36)41)31-17-15-30(16-18-31)29-13-11-28(12-14-29)9-6-4-2/h4,17,19-30H,2-3,5-16,18H2,1H3. The van der Waals surface area contributed by atoms with Crippen LogP contribution in [0.3, 0.4) is 0 Å². The Labute approximate surface area is 257 Å². The minimum Gasteiger partial charge on any atom is -0.206 e. The number of benzene rings is 3. The fourth-order valence-electron chi connectivity index (χ4n) is 7.37. The Bertz CT molecular complexity index is 1390. The van der Waals surface area contributed by atoms with Crippen molar-refractivity contribution in [3.05, 3.63) is 102 Å². The zero-order chi connectivity index (χ0) is 30.2. The van der Waals surface area contributed by atoms with Gasteiger partial charge in [-0.05, 0) is 109 Å². The van der Waals surface area contributed by atoms with Gasteiger partial charge in [-0.2, -0.15) is 0 Å². The van der Waals surface area contributed by atoms with Crippen molar-refractivity contribution in [3.63, 3.8) is 0 Å². The van der Waals surface area contributed by atoms with Crippen LogP contribution in [-0.2, 0) is 6.42 Å². The number of halogens is 3. The zero-order valence-corrected chi connectivity index (χ0v) is 25.8. The van der Waals surface area contributed by atoms with Crippen LogP contribution in [0, 0.1) is 35.2 Å². The summed E-state index contributed by atoms with van der Waals surface area (Å²) in [7, 11) is 0. The lowest BCUT2D eigenvalue weighted by molar-refractivity contribution is 0.190. The number of rotatable bonds is 12. The molecule has 0 aromatic heterocycles. The number of aryl methyl sites for hydroxylation is 1.